The molecule has 138 valence electrons. The van der Waals surface area contributed by atoms with Gasteiger partial charge in [-0.2, -0.15) is 0 Å². The molecular weight excluding hydrogens is 337 g/mol. The Morgan fingerprint density at radius 1 is 1.20 bits per heavy atom. The van der Waals surface area contributed by atoms with Gasteiger partial charge >= 0.3 is 11.9 Å². The first-order valence-electron chi connectivity index (χ1n) is 7.71. The van der Waals surface area contributed by atoms with E-state index in [1.807, 2.05) is 0 Å². The molecule has 8 nitrogen and oxygen atoms in total. The largest absolute Gasteiger partial charge is 0.487 e. The SMILES string of the molecule is N[C@H]1CC2(CCC2)Oc2ccc(F)cc21.O=C(O)[C@H](O)[C@@H](O)C(=O)O. The first-order chi connectivity index (χ1) is 11.6. The van der Waals surface area contributed by atoms with Crippen molar-refractivity contribution in [2.45, 2.75) is 49.5 Å². The van der Waals surface area contributed by atoms with Crippen LogP contribution in [0.3, 0.4) is 0 Å². The maximum Gasteiger partial charge on any atom is 0.335 e. The van der Waals surface area contributed by atoms with Crippen LogP contribution in [-0.4, -0.2) is 50.2 Å². The minimum Gasteiger partial charge on any atom is -0.487 e. The molecule has 3 rings (SSSR count). The number of fused-ring (bicyclic) bond motifs is 1. The highest BCUT2D eigenvalue weighted by atomic mass is 19.1. The quantitative estimate of drug-likeness (QED) is 0.522. The Balaban J connectivity index is 0.000000199. The summed E-state index contributed by atoms with van der Waals surface area (Å²) in [4.78, 5) is 19.5. The van der Waals surface area contributed by atoms with Crippen LogP contribution in [0.1, 0.15) is 37.3 Å². The Kier molecular flexibility index (Phi) is 5.61. The molecule has 1 saturated carbocycles. The van der Waals surface area contributed by atoms with Crippen LogP contribution in [0.25, 0.3) is 0 Å². The Bertz CT molecular complexity index is 644. The molecule has 1 aromatic rings. The Labute approximate surface area is 142 Å². The fourth-order valence-electron chi connectivity index (χ4n) is 2.84. The number of ether oxygens (including phenoxy) is 1. The number of aliphatic hydroxyl groups excluding tert-OH is 2. The Morgan fingerprint density at radius 3 is 2.20 bits per heavy atom. The molecule has 0 saturated heterocycles. The summed E-state index contributed by atoms with van der Waals surface area (Å²) in [5.41, 5.74) is 6.83. The molecule has 6 N–H and O–H groups in total. The first kappa shape index (κ1) is 19.1. The number of aliphatic hydroxyl groups is 2. The second-order valence-corrected chi connectivity index (χ2v) is 6.20. The third-order valence-electron chi connectivity index (χ3n) is 4.36. The van der Waals surface area contributed by atoms with E-state index in [4.69, 9.17) is 30.9 Å². The lowest BCUT2D eigenvalue weighted by molar-refractivity contribution is -0.165. The second-order valence-electron chi connectivity index (χ2n) is 6.20. The van der Waals surface area contributed by atoms with Gasteiger partial charge in [0.25, 0.3) is 0 Å². The van der Waals surface area contributed by atoms with Crippen molar-refractivity contribution < 1.29 is 39.1 Å². The number of halogens is 1. The summed E-state index contributed by atoms with van der Waals surface area (Å²) in [6.07, 6.45) is -0.336. The van der Waals surface area contributed by atoms with Crippen molar-refractivity contribution in [3.8, 4) is 5.75 Å². The van der Waals surface area contributed by atoms with Crippen molar-refractivity contribution in [1.82, 2.24) is 0 Å². The first-order valence-corrected chi connectivity index (χ1v) is 7.71. The van der Waals surface area contributed by atoms with Crippen LogP contribution >= 0.6 is 0 Å². The Hall–Kier alpha value is -2.23. The lowest BCUT2D eigenvalue weighted by Crippen LogP contribution is -2.48. The molecule has 1 heterocycles. The lowest BCUT2D eigenvalue weighted by Gasteiger charge is -2.47. The number of benzene rings is 1. The van der Waals surface area contributed by atoms with Crippen LogP contribution in [-0.2, 0) is 9.59 Å². The van der Waals surface area contributed by atoms with E-state index in [0.717, 1.165) is 30.6 Å². The topological polar surface area (TPSA) is 150 Å². The molecular formula is C16H20FNO7. The van der Waals surface area contributed by atoms with Crippen LogP contribution in [0, 0.1) is 5.82 Å². The summed E-state index contributed by atoms with van der Waals surface area (Å²) in [6, 6.07) is 4.54. The molecule has 1 fully saturated rings. The standard InChI is InChI=1S/C12H14FNO.C4H6O6/c13-8-2-3-11-9(6-8)10(14)7-12(15-11)4-1-5-12;5-1(3(7)8)2(6)4(9)10/h2-3,6,10H,1,4-5,7,14H2;1-2,5-6H,(H,7,8)(H,9,10)/t10-;1-,2-/m01/s1. The second kappa shape index (κ2) is 7.34. The van der Waals surface area contributed by atoms with Crippen molar-refractivity contribution in [1.29, 1.82) is 0 Å². The highest BCUT2D eigenvalue weighted by molar-refractivity contribution is 5.83. The molecule has 1 aliphatic heterocycles. The van der Waals surface area contributed by atoms with Gasteiger partial charge in [0.1, 0.15) is 17.2 Å². The number of carboxylic acid groups (broad SMARTS) is 2. The summed E-state index contributed by atoms with van der Waals surface area (Å²) in [5.74, 6) is -3.00. The molecule has 3 atom stereocenters. The van der Waals surface area contributed by atoms with Crippen molar-refractivity contribution in [2.24, 2.45) is 5.73 Å². The summed E-state index contributed by atoms with van der Waals surface area (Å²) in [7, 11) is 0. The highest BCUT2D eigenvalue weighted by Crippen LogP contribution is 2.48. The monoisotopic (exact) mass is 357 g/mol. The average Bonchev–Trinajstić information content (AvgIpc) is 2.52. The number of hydrogen-bond acceptors (Lipinski definition) is 6. The van der Waals surface area contributed by atoms with Crippen molar-refractivity contribution in [2.75, 3.05) is 0 Å². The van der Waals surface area contributed by atoms with Crippen LogP contribution in [0.4, 0.5) is 4.39 Å². The summed E-state index contributed by atoms with van der Waals surface area (Å²) >= 11 is 0. The third-order valence-corrected chi connectivity index (χ3v) is 4.36. The fourth-order valence-corrected chi connectivity index (χ4v) is 2.84. The molecule has 0 unspecified atom stereocenters. The number of hydrogen-bond donors (Lipinski definition) is 5. The van der Waals surface area contributed by atoms with E-state index in [2.05, 4.69) is 0 Å². The maximum absolute atomic E-state index is 13.0. The van der Waals surface area contributed by atoms with Crippen molar-refractivity contribution in [3.05, 3.63) is 29.6 Å². The fraction of sp³-hybridized carbons (Fsp3) is 0.500. The van der Waals surface area contributed by atoms with Gasteiger partial charge in [0.15, 0.2) is 12.2 Å². The predicted molar refractivity (Wildman–Crippen MR) is 82.4 cm³/mol. The zero-order chi connectivity index (χ0) is 18.8. The van der Waals surface area contributed by atoms with Crippen molar-refractivity contribution >= 4 is 11.9 Å². The van der Waals surface area contributed by atoms with E-state index in [9.17, 15) is 14.0 Å². The highest BCUT2D eigenvalue weighted by Gasteiger charge is 2.44. The molecule has 0 radical (unpaired) electrons. The molecule has 2 aliphatic rings. The van der Waals surface area contributed by atoms with Gasteiger partial charge in [-0.15, -0.1) is 0 Å². The number of carbonyl (C=O) groups is 2. The number of carboxylic acids is 2. The molecule has 0 bridgehead atoms. The normalized spacial score (nSPS) is 22.3. The van der Waals surface area contributed by atoms with Crippen LogP contribution in [0.15, 0.2) is 18.2 Å². The van der Waals surface area contributed by atoms with Crippen LogP contribution in [0.5, 0.6) is 5.75 Å². The summed E-state index contributed by atoms with van der Waals surface area (Å²) in [6.45, 7) is 0. The zero-order valence-corrected chi connectivity index (χ0v) is 13.3. The molecule has 0 amide bonds. The van der Waals surface area contributed by atoms with E-state index in [1.54, 1.807) is 6.07 Å². The summed E-state index contributed by atoms with van der Waals surface area (Å²) < 4.78 is 19.0. The Morgan fingerprint density at radius 2 is 1.76 bits per heavy atom. The van der Waals surface area contributed by atoms with Crippen molar-refractivity contribution in [3.63, 3.8) is 0 Å². The molecule has 0 aromatic heterocycles. The smallest absolute Gasteiger partial charge is 0.335 e. The van der Waals surface area contributed by atoms with E-state index in [1.165, 1.54) is 18.6 Å². The van der Waals surface area contributed by atoms with Gasteiger partial charge in [0.2, 0.25) is 0 Å². The van der Waals surface area contributed by atoms with Gasteiger partial charge in [0, 0.05) is 18.0 Å². The average molecular weight is 357 g/mol. The van der Waals surface area contributed by atoms with E-state index in [0.29, 0.717) is 0 Å². The maximum atomic E-state index is 13.0. The van der Waals surface area contributed by atoms with Gasteiger partial charge in [0.05, 0.1) is 0 Å². The minimum absolute atomic E-state index is 0.0375. The molecule has 25 heavy (non-hydrogen) atoms. The van der Waals surface area contributed by atoms with Gasteiger partial charge in [-0.3, -0.25) is 0 Å². The number of aliphatic carboxylic acids is 2. The molecule has 1 aromatic carbocycles. The zero-order valence-electron chi connectivity index (χ0n) is 13.3. The number of rotatable bonds is 3. The van der Waals surface area contributed by atoms with E-state index in [-0.39, 0.29) is 17.5 Å². The van der Waals surface area contributed by atoms with Gasteiger partial charge < -0.3 is 30.9 Å². The van der Waals surface area contributed by atoms with Gasteiger partial charge in [-0.1, -0.05) is 0 Å². The lowest BCUT2D eigenvalue weighted by atomic mass is 9.73. The van der Waals surface area contributed by atoms with Crippen LogP contribution in [0.2, 0.25) is 0 Å². The minimum atomic E-state index is -2.27. The van der Waals surface area contributed by atoms with E-state index >= 15 is 0 Å². The van der Waals surface area contributed by atoms with Crippen LogP contribution < -0.4 is 10.5 Å². The summed E-state index contributed by atoms with van der Waals surface area (Å²) in [5, 5.41) is 32.5. The molecule has 9 heteroatoms. The van der Waals surface area contributed by atoms with Gasteiger partial charge in [-0.25, -0.2) is 14.0 Å². The molecule has 1 spiro atoms. The molecule has 1 aliphatic carbocycles. The van der Waals surface area contributed by atoms with Gasteiger partial charge in [-0.05, 0) is 37.5 Å². The number of nitrogens with two attached hydrogens (primary N) is 1. The predicted octanol–water partition coefficient (Wildman–Crippen LogP) is 0.408. The van der Waals surface area contributed by atoms with E-state index < -0.39 is 24.1 Å². The third kappa shape index (κ3) is 4.25.